The number of carbonyl (C=O) groups is 3. The highest BCUT2D eigenvalue weighted by atomic mass is 16.6. The van der Waals surface area contributed by atoms with Crippen LogP contribution in [0.5, 0.6) is 11.5 Å². The van der Waals surface area contributed by atoms with Gasteiger partial charge in [0, 0.05) is 5.56 Å². The van der Waals surface area contributed by atoms with E-state index in [0.717, 1.165) is 0 Å². The van der Waals surface area contributed by atoms with E-state index in [1.54, 1.807) is 30.3 Å². The number of amides is 1. The van der Waals surface area contributed by atoms with Crippen LogP contribution >= 0.6 is 0 Å². The molecule has 0 saturated carbocycles. The molecule has 3 rings (SSSR count). The van der Waals surface area contributed by atoms with Crippen molar-refractivity contribution in [3.63, 3.8) is 0 Å². The van der Waals surface area contributed by atoms with Gasteiger partial charge in [0.05, 0.1) is 5.56 Å². The van der Waals surface area contributed by atoms with Gasteiger partial charge in [-0.05, 0) is 48.5 Å². The minimum Gasteiger partial charge on any atom is -0.490 e. The number of ether oxygens (including phenoxy) is 3. The second-order valence-electron chi connectivity index (χ2n) is 6.34. The molecule has 0 atom stereocenters. The van der Waals surface area contributed by atoms with Gasteiger partial charge in [-0.15, -0.1) is 0 Å². The van der Waals surface area contributed by atoms with Crippen molar-refractivity contribution >= 4 is 17.8 Å². The van der Waals surface area contributed by atoms with Crippen LogP contribution in [0.4, 0.5) is 0 Å². The number of esters is 2. The maximum absolute atomic E-state index is 12.1. The molecule has 0 aliphatic carbocycles. The van der Waals surface area contributed by atoms with Crippen molar-refractivity contribution in [2.24, 2.45) is 0 Å². The lowest BCUT2D eigenvalue weighted by atomic mass is 10.2. The minimum atomic E-state index is -0.627. The van der Waals surface area contributed by atoms with Crippen molar-refractivity contribution in [2.75, 3.05) is 19.8 Å². The van der Waals surface area contributed by atoms with Gasteiger partial charge in [-0.2, -0.15) is 0 Å². The largest absolute Gasteiger partial charge is 0.490 e. The van der Waals surface area contributed by atoms with E-state index < -0.39 is 11.9 Å². The molecule has 3 aromatic rings. The summed E-state index contributed by atoms with van der Waals surface area (Å²) < 4.78 is 15.8. The van der Waals surface area contributed by atoms with Crippen molar-refractivity contribution in [2.45, 2.75) is 0 Å². The quantitative estimate of drug-likeness (QED) is 0.325. The molecule has 3 aromatic carbocycles. The number of para-hydroxylation sites is 1. The summed E-state index contributed by atoms with van der Waals surface area (Å²) in [5, 5.41) is 2.49. The predicted molar refractivity (Wildman–Crippen MR) is 113 cm³/mol. The minimum absolute atomic E-state index is 0.103. The Bertz CT molecular complexity index is 1000. The summed E-state index contributed by atoms with van der Waals surface area (Å²) >= 11 is 0. The van der Waals surface area contributed by atoms with Crippen molar-refractivity contribution in [3.8, 4) is 11.5 Å². The Morgan fingerprint density at radius 1 is 0.677 bits per heavy atom. The van der Waals surface area contributed by atoms with Crippen molar-refractivity contribution < 1.29 is 28.6 Å². The van der Waals surface area contributed by atoms with E-state index in [4.69, 9.17) is 14.2 Å². The molecule has 0 saturated heterocycles. The Labute approximate surface area is 179 Å². The molecule has 0 aliphatic rings. The van der Waals surface area contributed by atoms with Crippen LogP contribution in [-0.2, 0) is 9.53 Å². The SMILES string of the molecule is O=C(CNC(=O)c1ccccc1)Oc1ccc(C(=O)OCCOc2ccccc2)cc1. The Hall–Kier alpha value is -4.13. The smallest absolute Gasteiger partial charge is 0.338 e. The summed E-state index contributed by atoms with van der Waals surface area (Å²) in [5.74, 6) is -0.554. The molecular formula is C24H21NO6. The maximum Gasteiger partial charge on any atom is 0.338 e. The summed E-state index contributed by atoms with van der Waals surface area (Å²) in [7, 11) is 0. The molecule has 0 fully saturated rings. The fraction of sp³-hybridized carbons (Fsp3) is 0.125. The van der Waals surface area contributed by atoms with Crippen LogP contribution in [0.2, 0.25) is 0 Å². The van der Waals surface area contributed by atoms with Gasteiger partial charge in [0.25, 0.3) is 5.91 Å². The van der Waals surface area contributed by atoms with E-state index in [2.05, 4.69) is 5.32 Å². The fourth-order valence-electron chi connectivity index (χ4n) is 2.56. The van der Waals surface area contributed by atoms with E-state index >= 15 is 0 Å². The molecule has 31 heavy (non-hydrogen) atoms. The third-order valence-electron chi connectivity index (χ3n) is 4.08. The summed E-state index contributed by atoms with van der Waals surface area (Å²) in [6.45, 7) is 0.0602. The maximum atomic E-state index is 12.1. The number of hydrogen-bond acceptors (Lipinski definition) is 6. The van der Waals surface area contributed by atoms with Gasteiger partial charge in [-0.1, -0.05) is 36.4 Å². The third-order valence-corrected chi connectivity index (χ3v) is 4.08. The molecule has 0 spiro atoms. The van der Waals surface area contributed by atoms with Crippen LogP contribution < -0.4 is 14.8 Å². The van der Waals surface area contributed by atoms with Gasteiger partial charge in [0.15, 0.2) is 0 Å². The highest BCUT2D eigenvalue weighted by Gasteiger charge is 2.11. The number of benzene rings is 3. The van der Waals surface area contributed by atoms with Crippen molar-refractivity contribution in [3.05, 3.63) is 96.1 Å². The average molecular weight is 419 g/mol. The molecule has 0 aromatic heterocycles. The molecule has 0 radical (unpaired) electrons. The van der Waals surface area contributed by atoms with Gasteiger partial charge < -0.3 is 19.5 Å². The first-order chi connectivity index (χ1) is 15.1. The summed E-state index contributed by atoms with van der Waals surface area (Å²) in [6, 6.07) is 23.7. The van der Waals surface area contributed by atoms with Crippen LogP contribution in [0.25, 0.3) is 0 Å². The van der Waals surface area contributed by atoms with Gasteiger partial charge in [-0.25, -0.2) is 9.59 Å². The first kappa shape index (κ1) is 21.6. The normalized spacial score (nSPS) is 10.1. The Morgan fingerprint density at radius 2 is 1.32 bits per heavy atom. The van der Waals surface area contributed by atoms with E-state index in [1.807, 2.05) is 30.3 Å². The van der Waals surface area contributed by atoms with E-state index in [0.29, 0.717) is 16.9 Å². The lowest BCUT2D eigenvalue weighted by molar-refractivity contribution is -0.133. The number of nitrogens with one attached hydrogen (secondary N) is 1. The monoisotopic (exact) mass is 419 g/mol. The van der Waals surface area contributed by atoms with E-state index in [1.165, 1.54) is 24.3 Å². The topological polar surface area (TPSA) is 90.9 Å². The molecule has 1 amide bonds. The van der Waals surface area contributed by atoms with Crippen LogP contribution in [0.3, 0.4) is 0 Å². The number of rotatable bonds is 9. The van der Waals surface area contributed by atoms with Crippen LogP contribution in [-0.4, -0.2) is 37.6 Å². The zero-order valence-electron chi connectivity index (χ0n) is 16.7. The Balaban J connectivity index is 1.39. The van der Waals surface area contributed by atoms with Crippen LogP contribution in [0, 0.1) is 0 Å². The fourth-order valence-corrected chi connectivity index (χ4v) is 2.56. The molecule has 7 nitrogen and oxygen atoms in total. The first-order valence-electron chi connectivity index (χ1n) is 9.61. The van der Waals surface area contributed by atoms with Gasteiger partial charge in [0.2, 0.25) is 0 Å². The average Bonchev–Trinajstić information content (AvgIpc) is 2.82. The van der Waals surface area contributed by atoms with Gasteiger partial charge >= 0.3 is 11.9 Å². The van der Waals surface area contributed by atoms with Gasteiger partial charge in [-0.3, -0.25) is 4.79 Å². The number of carbonyl (C=O) groups excluding carboxylic acids is 3. The zero-order valence-corrected chi connectivity index (χ0v) is 16.7. The molecule has 0 bridgehead atoms. The molecule has 7 heteroatoms. The Kier molecular flexibility index (Phi) is 7.77. The lowest BCUT2D eigenvalue weighted by Crippen LogP contribution is -2.31. The van der Waals surface area contributed by atoms with Gasteiger partial charge in [0.1, 0.15) is 31.3 Å². The second-order valence-corrected chi connectivity index (χ2v) is 6.34. The highest BCUT2D eigenvalue weighted by Crippen LogP contribution is 2.13. The second kappa shape index (κ2) is 11.2. The molecule has 0 aliphatic heterocycles. The summed E-state index contributed by atoms with van der Waals surface area (Å²) in [6.07, 6.45) is 0. The predicted octanol–water partition coefficient (Wildman–Crippen LogP) is 3.26. The highest BCUT2D eigenvalue weighted by molar-refractivity contribution is 5.96. The van der Waals surface area contributed by atoms with Crippen molar-refractivity contribution in [1.82, 2.24) is 5.32 Å². The molecule has 0 unspecified atom stereocenters. The third kappa shape index (κ3) is 7.01. The molecule has 158 valence electrons. The van der Waals surface area contributed by atoms with Crippen LogP contribution in [0.15, 0.2) is 84.9 Å². The standard InChI is InChI=1S/C24H21NO6/c26-22(17-25-23(27)18-7-3-1-4-8-18)31-21-13-11-19(12-14-21)24(28)30-16-15-29-20-9-5-2-6-10-20/h1-14H,15-17H2,(H,25,27). The van der Waals surface area contributed by atoms with Crippen LogP contribution in [0.1, 0.15) is 20.7 Å². The molecular weight excluding hydrogens is 398 g/mol. The lowest BCUT2D eigenvalue weighted by Gasteiger charge is -2.08. The molecule has 1 N–H and O–H groups in total. The number of hydrogen-bond donors (Lipinski definition) is 1. The zero-order chi connectivity index (χ0) is 21.9. The Morgan fingerprint density at radius 3 is 2.00 bits per heavy atom. The summed E-state index contributed by atoms with van der Waals surface area (Å²) in [5.41, 5.74) is 0.768. The van der Waals surface area contributed by atoms with E-state index in [9.17, 15) is 14.4 Å². The van der Waals surface area contributed by atoms with E-state index in [-0.39, 0.29) is 31.4 Å². The first-order valence-corrected chi connectivity index (χ1v) is 9.61. The molecule has 0 heterocycles. The van der Waals surface area contributed by atoms with Crippen molar-refractivity contribution in [1.29, 1.82) is 0 Å². The summed E-state index contributed by atoms with van der Waals surface area (Å²) in [4.78, 5) is 35.9.